The molecule has 1 heterocycles. The SMILES string of the molecule is O=C(O)CCn1c(Cl)nc2c(O)cccc21. The van der Waals surface area contributed by atoms with Gasteiger partial charge in [0.15, 0.2) is 0 Å². The van der Waals surface area contributed by atoms with Crippen molar-refractivity contribution < 1.29 is 15.0 Å². The summed E-state index contributed by atoms with van der Waals surface area (Å²) in [6.45, 7) is 0.230. The monoisotopic (exact) mass is 240 g/mol. The number of hydrogen-bond acceptors (Lipinski definition) is 3. The summed E-state index contributed by atoms with van der Waals surface area (Å²) in [5.74, 6) is -0.869. The van der Waals surface area contributed by atoms with Crippen LogP contribution in [0.3, 0.4) is 0 Å². The van der Waals surface area contributed by atoms with Crippen LogP contribution < -0.4 is 0 Å². The van der Waals surface area contributed by atoms with E-state index in [0.29, 0.717) is 11.0 Å². The maximum atomic E-state index is 10.5. The minimum absolute atomic E-state index is 0.0356. The number of imidazole rings is 1. The predicted molar refractivity (Wildman–Crippen MR) is 58.7 cm³/mol. The molecule has 2 aromatic rings. The van der Waals surface area contributed by atoms with Gasteiger partial charge in [0.25, 0.3) is 0 Å². The van der Waals surface area contributed by atoms with Gasteiger partial charge in [0.1, 0.15) is 11.3 Å². The summed E-state index contributed by atoms with van der Waals surface area (Å²) >= 11 is 5.87. The van der Waals surface area contributed by atoms with E-state index in [-0.39, 0.29) is 24.0 Å². The van der Waals surface area contributed by atoms with Crippen molar-refractivity contribution in [3.8, 4) is 5.75 Å². The number of rotatable bonds is 3. The predicted octanol–water partition coefficient (Wildman–Crippen LogP) is 1.87. The topological polar surface area (TPSA) is 75.3 Å². The van der Waals surface area contributed by atoms with E-state index >= 15 is 0 Å². The first-order valence-corrected chi connectivity index (χ1v) is 5.03. The number of benzene rings is 1. The van der Waals surface area contributed by atoms with E-state index in [1.54, 1.807) is 16.7 Å². The van der Waals surface area contributed by atoms with Gasteiger partial charge in [-0.3, -0.25) is 4.79 Å². The first-order valence-electron chi connectivity index (χ1n) is 4.65. The summed E-state index contributed by atoms with van der Waals surface area (Å²) in [5, 5.41) is 18.3. The number of phenolic OH excluding ortho intramolecular Hbond substituents is 1. The smallest absolute Gasteiger partial charge is 0.305 e. The number of aromatic hydroxyl groups is 1. The van der Waals surface area contributed by atoms with Crippen molar-refractivity contribution in [1.29, 1.82) is 0 Å². The Labute approximate surface area is 95.9 Å². The van der Waals surface area contributed by atoms with Gasteiger partial charge in [0.2, 0.25) is 5.28 Å². The average molecular weight is 241 g/mol. The zero-order chi connectivity index (χ0) is 11.7. The molecule has 1 aromatic heterocycles. The molecule has 2 N–H and O–H groups in total. The standard InChI is InChI=1S/C10H9ClN2O3/c11-10-12-9-6(2-1-3-7(9)14)13(10)5-4-8(15)16/h1-3,14H,4-5H2,(H,15,16). The van der Waals surface area contributed by atoms with Gasteiger partial charge in [-0.15, -0.1) is 0 Å². The highest BCUT2D eigenvalue weighted by molar-refractivity contribution is 6.29. The molecule has 0 bridgehead atoms. The lowest BCUT2D eigenvalue weighted by Gasteiger charge is -2.02. The number of para-hydroxylation sites is 1. The highest BCUT2D eigenvalue weighted by atomic mass is 35.5. The Hall–Kier alpha value is -1.75. The van der Waals surface area contributed by atoms with Crippen LogP contribution in [0.15, 0.2) is 18.2 Å². The fourth-order valence-electron chi connectivity index (χ4n) is 1.52. The third-order valence-corrected chi connectivity index (χ3v) is 2.55. The number of aromatic nitrogens is 2. The van der Waals surface area contributed by atoms with Crippen LogP contribution in [-0.2, 0) is 11.3 Å². The second-order valence-corrected chi connectivity index (χ2v) is 3.66. The van der Waals surface area contributed by atoms with E-state index in [2.05, 4.69) is 4.98 Å². The number of hydrogen-bond donors (Lipinski definition) is 2. The molecule has 1 aromatic carbocycles. The number of nitrogens with zero attached hydrogens (tertiary/aromatic N) is 2. The molecule has 0 aliphatic carbocycles. The van der Waals surface area contributed by atoms with Crippen LogP contribution in [0.4, 0.5) is 0 Å². The Balaban J connectivity index is 2.48. The van der Waals surface area contributed by atoms with Crippen molar-refractivity contribution in [1.82, 2.24) is 9.55 Å². The number of halogens is 1. The average Bonchev–Trinajstić information content (AvgIpc) is 2.53. The lowest BCUT2D eigenvalue weighted by molar-refractivity contribution is -0.137. The molecule has 0 atom stereocenters. The molecule has 0 radical (unpaired) electrons. The van der Waals surface area contributed by atoms with Crippen LogP contribution in [0, 0.1) is 0 Å². The van der Waals surface area contributed by atoms with Gasteiger partial charge in [-0.25, -0.2) is 4.98 Å². The van der Waals surface area contributed by atoms with Crippen molar-refractivity contribution in [2.45, 2.75) is 13.0 Å². The maximum Gasteiger partial charge on any atom is 0.305 e. The van der Waals surface area contributed by atoms with Gasteiger partial charge in [0.05, 0.1) is 11.9 Å². The van der Waals surface area contributed by atoms with Crippen LogP contribution in [0.25, 0.3) is 11.0 Å². The quantitative estimate of drug-likeness (QED) is 0.859. The number of fused-ring (bicyclic) bond motifs is 1. The van der Waals surface area contributed by atoms with Gasteiger partial charge in [-0.05, 0) is 23.7 Å². The van der Waals surface area contributed by atoms with Crippen molar-refractivity contribution in [3.63, 3.8) is 0 Å². The van der Waals surface area contributed by atoms with E-state index in [4.69, 9.17) is 16.7 Å². The minimum atomic E-state index is -0.905. The summed E-state index contributed by atoms with van der Waals surface area (Å²) in [5.41, 5.74) is 1.02. The van der Waals surface area contributed by atoms with Crippen molar-refractivity contribution in [2.24, 2.45) is 0 Å². The molecule has 2 rings (SSSR count). The molecule has 0 saturated heterocycles. The number of aryl methyl sites for hydroxylation is 1. The second-order valence-electron chi connectivity index (χ2n) is 3.32. The molecule has 5 nitrogen and oxygen atoms in total. The Morgan fingerprint density at radius 3 is 2.94 bits per heavy atom. The van der Waals surface area contributed by atoms with Crippen LogP contribution in [0.2, 0.25) is 5.28 Å². The fourth-order valence-corrected chi connectivity index (χ4v) is 1.78. The van der Waals surface area contributed by atoms with E-state index in [9.17, 15) is 9.90 Å². The second kappa shape index (κ2) is 4.02. The maximum absolute atomic E-state index is 10.5. The molecular formula is C10H9ClN2O3. The molecule has 0 fully saturated rings. The summed E-state index contributed by atoms with van der Waals surface area (Å²) in [7, 11) is 0. The summed E-state index contributed by atoms with van der Waals surface area (Å²) < 4.78 is 1.56. The van der Waals surface area contributed by atoms with E-state index in [0.717, 1.165) is 0 Å². The zero-order valence-corrected chi connectivity index (χ0v) is 8.98. The van der Waals surface area contributed by atoms with E-state index < -0.39 is 5.97 Å². The molecule has 0 saturated carbocycles. The van der Waals surface area contributed by atoms with Gasteiger partial charge in [-0.2, -0.15) is 0 Å². The lowest BCUT2D eigenvalue weighted by atomic mass is 10.3. The number of carboxylic acids is 1. The van der Waals surface area contributed by atoms with Crippen molar-refractivity contribution >= 4 is 28.6 Å². The Morgan fingerprint density at radius 2 is 2.25 bits per heavy atom. The zero-order valence-electron chi connectivity index (χ0n) is 8.22. The molecule has 16 heavy (non-hydrogen) atoms. The van der Waals surface area contributed by atoms with Crippen LogP contribution in [0.5, 0.6) is 5.75 Å². The molecule has 0 spiro atoms. The third-order valence-electron chi connectivity index (χ3n) is 2.26. The Kier molecular flexibility index (Phi) is 2.70. The van der Waals surface area contributed by atoms with Gasteiger partial charge < -0.3 is 14.8 Å². The van der Waals surface area contributed by atoms with Crippen molar-refractivity contribution in [2.75, 3.05) is 0 Å². The van der Waals surface area contributed by atoms with E-state index in [1.807, 2.05) is 0 Å². The number of aliphatic carboxylic acids is 1. The van der Waals surface area contributed by atoms with Crippen LogP contribution in [-0.4, -0.2) is 25.7 Å². The highest BCUT2D eigenvalue weighted by Gasteiger charge is 2.12. The first kappa shape index (κ1) is 10.8. The van der Waals surface area contributed by atoms with Crippen molar-refractivity contribution in [3.05, 3.63) is 23.5 Å². The lowest BCUT2D eigenvalue weighted by Crippen LogP contribution is -2.04. The summed E-state index contributed by atoms with van der Waals surface area (Å²) in [4.78, 5) is 14.5. The molecule has 84 valence electrons. The van der Waals surface area contributed by atoms with Crippen LogP contribution >= 0.6 is 11.6 Å². The Morgan fingerprint density at radius 1 is 1.50 bits per heavy atom. The molecule has 0 amide bonds. The van der Waals surface area contributed by atoms with Gasteiger partial charge >= 0.3 is 5.97 Å². The summed E-state index contributed by atoms with van der Waals surface area (Å²) in [6.07, 6.45) is -0.0408. The third kappa shape index (κ3) is 1.81. The number of carbonyl (C=O) groups is 1. The molecule has 0 aliphatic rings. The largest absolute Gasteiger partial charge is 0.506 e. The van der Waals surface area contributed by atoms with Gasteiger partial charge in [-0.1, -0.05) is 6.07 Å². The van der Waals surface area contributed by atoms with E-state index in [1.165, 1.54) is 6.07 Å². The highest BCUT2D eigenvalue weighted by Crippen LogP contribution is 2.26. The first-order chi connectivity index (χ1) is 7.59. The molecule has 0 aliphatic heterocycles. The number of phenols is 1. The Bertz CT molecular complexity index is 550. The van der Waals surface area contributed by atoms with Crippen LogP contribution in [0.1, 0.15) is 6.42 Å². The summed E-state index contributed by atoms with van der Waals surface area (Å²) in [6, 6.07) is 4.90. The van der Waals surface area contributed by atoms with Gasteiger partial charge in [0, 0.05) is 6.54 Å². The molecule has 0 unspecified atom stereocenters. The molecule has 6 heteroatoms. The number of carboxylic acid groups (broad SMARTS) is 1. The normalized spacial score (nSPS) is 10.8. The minimum Gasteiger partial charge on any atom is -0.506 e. The molecular weight excluding hydrogens is 232 g/mol. The fraction of sp³-hybridized carbons (Fsp3) is 0.200.